The normalized spacial score (nSPS) is 17.7. The maximum absolute atomic E-state index is 15.2. The van der Waals surface area contributed by atoms with Crippen LogP contribution in [0.15, 0.2) is 48.5 Å². The van der Waals surface area contributed by atoms with Crippen LogP contribution < -0.4 is 4.74 Å². The molecule has 3 aromatic rings. The van der Waals surface area contributed by atoms with E-state index in [-0.39, 0.29) is 11.7 Å². The highest BCUT2D eigenvalue weighted by molar-refractivity contribution is 5.65. The summed E-state index contributed by atoms with van der Waals surface area (Å²) >= 11 is 0. The second-order valence-corrected chi connectivity index (χ2v) is 10.3. The number of hydrogen-bond acceptors (Lipinski definition) is 1. The molecule has 0 atom stereocenters. The lowest BCUT2D eigenvalue weighted by Crippen LogP contribution is -2.16. The number of ether oxygens (including phenoxy) is 1. The first kappa shape index (κ1) is 27.2. The average molecular weight is 513 g/mol. The van der Waals surface area contributed by atoms with Gasteiger partial charge in [0, 0.05) is 5.56 Å². The van der Waals surface area contributed by atoms with Gasteiger partial charge in [-0.25, -0.2) is 13.2 Å². The molecule has 0 unspecified atom stereocenters. The minimum Gasteiger partial charge on any atom is -0.494 e. The van der Waals surface area contributed by atoms with Crippen molar-refractivity contribution in [3.8, 4) is 16.9 Å². The number of hydrogen-bond donors (Lipinski definition) is 0. The SMILES string of the molecule is CCCCCc1ccc(-c2ccc(C3CCC(CCc4ccc(OC)c(F)c4F)CC3)c(F)c2F)cc1. The summed E-state index contributed by atoms with van der Waals surface area (Å²) in [5, 5.41) is 0. The molecule has 1 aliphatic carbocycles. The van der Waals surface area contributed by atoms with Gasteiger partial charge in [-0.3, -0.25) is 0 Å². The van der Waals surface area contributed by atoms with Crippen molar-refractivity contribution < 1.29 is 22.3 Å². The van der Waals surface area contributed by atoms with Crippen LogP contribution >= 0.6 is 0 Å². The summed E-state index contributed by atoms with van der Waals surface area (Å²) in [5.41, 5.74) is 2.99. The average Bonchev–Trinajstić information content (AvgIpc) is 2.92. The molecule has 37 heavy (non-hydrogen) atoms. The predicted molar refractivity (Wildman–Crippen MR) is 141 cm³/mol. The fourth-order valence-corrected chi connectivity index (χ4v) is 5.58. The summed E-state index contributed by atoms with van der Waals surface area (Å²) < 4.78 is 63.4. The van der Waals surface area contributed by atoms with Gasteiger partial charge in [0.15, 0.2) is 23.2 Å². The Balaban J connectivity index is 1.35. The third-order valence-corrected chi connectivity index (χ3v) is 7.90. The molecule has 1 saturated carbocycles. The van der Waals surface area contributed by atoms with Crippen molar-refractivity contribution in [3.63, 3.8) is 0 Å². The monoisotopic (exact) mass is 512 g/mol. The number of unbranched alkanes of at least 4 members (excludes halogenated alkanes) is 2. The molecule has 1 aliphatic rings. The van der Waals surface area contributed by atoms with Gasteiger partial charge in [-0.1, -0.05) is 62.2 Å². The van der Waals surface area contributed by atoms with Crippen LogP contribution in [-0.4, -0.2) is 7.11 Å². The lowest BCUT2D eigenvalue weighted by molar-refractivity contribution is 0.303. The van der Waals surface area contributed by atoms with E-state index in [1.807, 2.05) is 24.3 Å². The molecule has 0 heterocycles. The van der Waals surface area contributed by atoms with Crippen molar-refractivity contribution in [1.29, 1.82) is 0 Å². The standard InChI is InChI=1S/C32H36F4O/c1-3-4-5-6-21-7-12-23(13-8-21)26-18-19-27(31(35)30(26)34)24-14-9-22(10-15-24)11-16-25-17-20-28(37-2)32(36)29(25)33/h7-8,12-13,17-20,22,24H,3-6,9-11,14-16H2,1-2H3. The molecule has 0 saturated heterocycles. The van der Waals surface area contributed by atoms with Gasteiger partial charge in [0.05, 0.1) is 7.11 Å². The fraction of sp³-hybridized carbons (Fsp3) is 0.438. The quantitative estimate of drug-likeness (QED) is 0.194. The number of rotatable bonds is 10. The van der Waals surface area contributed by atoms with E-state index in [0.717, 1.165) is 44.9 Å². The molecule has 5 heteroatoms. The van der Waals surface area contributed by atoms with E-state index in [0.29, 0.717) is 34.6 Å². The van der Waals surface area contributed by atoms with E-state index in [1.54, 1.807) is 18.2 Å². The van der Waals surface area contributed by atoms with Crippen LogP contribution in [0, 0.1) is 29.2 Å². The van der Waals surface area contributed by atoms with Crippen LogP contribution in [-0.2, 0) is 12.8 Å². The largest absolute Gasteiger partial charge is 0.494 e. The second-order valence-electron chi connectivity index (χ2n) is 10.3. The summed E-state index contributed by atoms with van der Waals surface area (Å²) in [7, 11) is 1.31. The first-order valence-electron chi connectivity index (χ1n) is 13.5. The molecule has 0 amide bonds. The molecule has 0 N–H and O–H groups in total. The number of halogens is 4. The lowest BCUT2D eigenvalue weighted by atomic mass is 9.76. The first-order chi connectivity index (χ1) is 17.9. The minimum atomic E-state index is -0.951. The van der Waals surface area contributed by atoms with Crippen LogP contribution in [0.3, 0.4) is 0 Å². The Kier molecular flexibility index (Phi) is 9.28. The van der Waals surface area contributed by atoms with Crippen LogP contribution in [0.4, 0.5) is 17.6 Å². The Bertz CT molecular complexity index is 1180. The summed E-state index contributed by atoms with van der Waals surface area (Å²) in [6, 6.07) is 14.2. The van der Waals surface area contributed by atoms with Crippen molar-refractivity contribution in [2.75, 3.05) is 7.11 Å². The Hall–Kier alpha value is -2.82. The van der Waals surface area contributed by atoms with E-state index < -0.39 is 23.3 Å². The molecule has 3 aromatic carbocycles. The third kappa shape index (κ3) is 6.37. The highest BCUT2D eigenvalue weighted by atomic mass is 19.2. The molecule has 0 radical (unpaired) electrons. The van der Waals surface area contributed by atoms with Crippen molar-refractivity contribution in [1.82, 2.24) is 0 Å². The van der Waals surface area contributed by atoms with Crippen molar-refractivity contribution in [2.45, 2.75) is 77.0 Å². The summed E-state index contributed by atoms with van der Waals surface area (Å²) in [6.45, 7) is 2.17. The first-order valence-corrected chi connectivity index (χ1v) is 13.5. The zero-order valence-corrected chi connectivity index (χ0v) is 21.8. The fourth-order valence-electron chi connectivity index (χ4n) is 5.58. The number of benzene rings is 3. The van der Waals surface area contributed by atoms with Crippen LogP contribution in [0.1, 0.15) is 80.9 Å². The topological polar surface area (TPSA) is 9.23 Å². The van der Waals surface area contributed by atoms with Crippen molar-refractivity contribution in [2.24, 2.45) is 5.92 Å². The molecule has 198 valence electrons. The lowest BCUT2D eigenvalue weighted by Gasteiger charge is -2.29. The van der Waals surface area contributed by atoms with Crippen molar-refractivity contribution in [3.05, 3.63) is 88.5 Å². The number of methoxy groups -OCH3 is 1. The van der Waals surface area contributed by atoms with Gasteiger partial charge in [-0.05, 0) is 91.5 Å². The molecule has 0 bridgehead atoms. The Labute approximate surface area is 217 Å². The maximum atomic E-state index is 15.2. The molecular weight excluding hydrogens is 476 g/mol. The maximum Gasteiger partial charge on any atom is 0.200 e. The molecule has 4 rings (SSSR count). The van der Waals surface area contributed by atoms with Gasteiger partial charge in [-0.2, -0.15) is 4.39 Å². The molecule has 0 aliphatic heterocycles. The van der Waals surface area contributed by atoms with Gasteiger partial charge < -0.3 is 4.74 Å². The molecule has 1 fully saturated rings. The van der Waals surface area contributed by atoms with Gasteiger partial charge >= 0.3 is 0 Å². The van der Waals surface area contributed by atoms with E-state index in [1.165, 1.54) is 31.6 Å². The molecule has 0 spiro atoms. The highest BCUT2D eigenvalue weighted by Crippen LogP contribution is 2.40. The predicted octanol–water partition coefficient (Wildman–Crippen LogP) is 9.56. The Morgan fingerprint density at radius 1 is 0.730 bits per heavy atom. The van der Waals surface area contributed by atoms with E-state index in [9.17, 15) is 8.78 Å². The van der Waals surface area contributed by atoms with Crippen LogP contribution in [0.2, 0.25) is 0 Å². The van der Waals surface area contributed by atoms with Gasteiger partial charge in [0.2, 0.25) is 5.82 Å². The summed E-state index contributed by atoms with van der Waals surface area (Å²) in [6.07, 6.45) is 8.88. The van der Waals surface area contributed by atoms with Gasteiger partial charge in [0.25, 0.3) is 0 Å². The Morgan fingerprint density at radius 3 is 2.14 bits per heavy atom. The second kappa shape index (κ2) is 12.6. The number of aryl methyl sites for hydroxylation is 2. The van der Waals surface area contributed by atoms with Crippen molar-refractivity contribution >= 4 is 0 Å². The van der Waals surface area contributed by atoms with Gasteiger partial charge in [-0.15, -0.1) is 0 Å². The third-order valence-electron chi connectivity index (χ3n) is 7.90. The highest BCUT2D eigenvalue weighted by Gasteiger charge is 2.27. The summed E-state index contributed by atoms with van der Waals surface area (Å²) in [5.74, 6) is -3.11. The Morgan fingerprint density at radius 2 is 1.46 bits per heavy atom. The van der Waals surface area contributed by atoms with E-state index >= 15 is 8.78 Å². The van der Waals surface area contributed by atoms with E-state index in [4.69, 9.17) is 4.74 Å². The molecular formula is C32H36F4O. The van der Waals surface area contributed by atoms with Gasteiger partial charge in [0.1, 0.15) is 0 Å². The minimum absolute atomic E-state index is 0.0316. The zero-order chi connectivity index (χ0) is 26.4. The van der Waals surface area contributed by atoms with E-state index in [2.05, 4.69) is 6.92 Å². The smallest absolute Gasteiger partial charge is 0.200 e. The van der Waals surface area contributed by atoms with Crippen LogP contribution in [0.5, 0.6) is 5.75 Å². The van der Waals surface area contributed by atoms with Crippen LogP contribution in [0.25, 0.3) is 11.1 Å². The molecule has 0 aromatic heterocycles. The molecule has 1 nitrogen and oxygen atoms in total. The zero-order valence-electron chi connectivity index (χ0n) is 21.8. The summed E-state index contributed by atoms with van der Waals surface area (Å²) in [4.78, 5) is 0.